The van der Waals surface area contributed by atoms with Crippen molar-refractivity contribution in [3.63, 3.8) is 0 Å². The number of nitrogens with zero attached hydrogens (tertiary/aromatic N) is 1. The second-order valence-corrected chi connectivity index (χ2v) is 11.6. The third-order valence-electron chi connectivity index (χ3n) is 8.04. The van der Waals surface area contributed by atoms with Crippen molar-refractivity contribution in [1.82, 2.24) is 5.32 Å². The molecule has 2 bridgehead atoms. The maximum absolute atomic E-state index is 13.4. The Hall–Kier alpha value is -3.06. The van der Waals surface area contributed by atoms with Crippen LogP contribution in [0.4, 0.5) is 11.4 Å². The van der Waals surface area contributed by atoms with Crippen LogP contribution in [0.25, 0.3) is 0 Å². The van der Waals surface area contributed by atoms with Gasteiger partial charge in [0.15, 0.2) is 0 Å². The summed E-state index contributed by atoms with van der Waals surface area (Å²) < 4.78 is 0. The first-order valence-corrected chi connectivity index (χ1v) is 13.7. The van der Waals surface area contributed by atoms with Crippen molar-refractivity contribution in [2.45, 2.75) is 57.7 Å². The monoisotopic (exact) mass is 502 g/mol. The lowest BCUT2D eigenvalue weighted by Gasteiger charge is -2.29. The summed E-state index contributed by atoms with van der Waals surface area (Å²) in [6.07, 6.45) is 5.08. The second-order valence-electron chi connectivity index (χ2n) is 10.5. The number of hydrogen-bond acceptors (Lipinski definition) is 5. The molecule has 1 aliphatic heterocycles. The van der Waals surface area contributed by atoms with E-state index in [4.69, 9.17) is 10.7 Å². The number of carbonyl (C=O) groups excluding carboxylic acids is 2. The van der Waals surface area contributed by atoms with E-state index in [1.54, 1.807) is 0 Å². The average molecular weight is 503 g/mol. The van der Waals surface area contributed by atoms with Gasteiger partial charge in [0.25, 0.3) is 5.91 Å². The van der Waals surface area contributed by atoms with Crippen LogP contribution in [0.1, 0.15) is 43.7 Å². The van der Waals surface area contributed by atoms with E-state index in [0.717, 1.165) is 17.2 Å². The third kappa shape index (κ3) is 4.94. The molecule has 2 aromatic rings. The molecule has 3 aliphatic rings. The Bertz CT molecular complexity index is 1240. The minimum atomic E-state index is -0.687. The van der Waals surface area contributed by atoms with Gasteiger partial charge in [0.05, 0.1) is 11.3 Å². The quantitative estimate of drug-likeness (QED) is 0.503. The Morgan fingerprint density at radius 1 is 1.06 bits per heavy atom. The molecule has 2 amide bonds. The van der Waals surface area contributed by atoms with Crippen LogP contribution < -0.4 is 16.4 Å². The van der Waals surface area contributed by atoms with Gasteiger partial charge < -0.3 is 16.4 Å². The lowest BCUT2D eigenvalue weighted by molar-refractivity contribution is -0.121. The van der Waals surface area contributed by atoms with Gasteiger partial charge >= 0.3 is 0 Å². The van der Waals surface area contributed by atoms with Crippen molar-refractivity contribution < 1.29 is 9.59 Å². The number of nitrogens with two attached hydrogens (primary N) is 1. The molecule has 5 rings (SSSR count). The van der Waals surface area contributed by atoms with Crippen LogP contribution in [0.5, 0.6) is 0 Å². The molecular weight excluding hydrogens is 468 g/mol. The summed E-state index contributed by atoms with van der Waals surface area (Å²) in [6.45, 7) is 6.18. The number of anilines is 1. The standard InChI is InChI=1S/C29H34N4O2S/c1-16-9-12-22(13-17(16)2)33-29-24(27(34)32-21-7-5-4-6-8-21)25(30)26(36-29)28(35)31-18(3)23-15-19-10-11-20(23)14-19/h4-9,12-13,18-20,23,26H,10-11,14-15,30H2,1-3H3,(H,31,35)(H,32,34)/t18-,19-,20-,23-,26+/m0/s1. The first-order chi connectivity index (χ1) is 17.3. The van der Waals surface area contributed by atoms with Crippen molar-refractivity contribution in [3.8, 4) is 0 Å². The van der Waals surface area contributed by atoms with E-state index in [0.29, 0.717) is 22.6 Å². The zero-order valence-electron chi connectivity index (χ0n) is 21.1. The Kier molecular flexibility index (Phi) is 6.93. The van der Waals surface area contributed by atoms with Crippen molar-refractivity contribution in [2.24, 2.45) is 28.5 Å². The fourth-order valence-electron chi connectivity index (χ4n) is 5.93. The van der Waals surface area contributed by atoms with Crippen LogP contribution in [-0.4, -0.2) is 28.1 Å². The van der Waals surface area contributed by atoms with Crippen LogP contribution in [-0.2, 0) is 9.59 Å². The molecule has 2 fully saturated rings. The van der Waals surface area contributed by atoms with E-state index in [9.17, 15) is 9.59 Å². The van der Waals surface area contributed by atoms with Crippen molar-refractivity contribution >= 4 is 40.0 Å². The first kappa shape index (κ1) is 24.6. The van der Waals surface area contributed by atoms with Crippen LogP contribution in [0.15, 0.2) is 64.8 Å². The van der Waals surface area contributed by atoms with Gasteiger partial charge in [-0.1, -0.05) is 42.4 Å². The molecule has 4 N–H and O–H groups in total. The number of carbonyl (C=O) groups is 2. The Morgan fingerprint density at radius 3 is 2.50 bits per heavy atom. The summed E-state index contributed by atoms with van der Waals surface area (Å²) in [6, 6.07) is 15.2. The van der Waals surface area contributed by atoms with Gasteiger partial charge in [0, 0.05) is 17.4 Å². The predicted molar refractivity (Wildman–Crippen MR) is 147 cm³/mol. The molecule has 5 atom stereocenters. The summed E-state index contributed by atoms with van der Waals surface area (Å²) in [5, 5.41) is 5.92. The van der Waals surface area contributed by atoms with Crippen LogP contribution in [0.3, 0.4) is 0 Å². The van der Waals surface area contributed by atoms with Gasteiger partial charge in [-0.2, -0.15) is 0 Å². The fourth-order valence-corrected chi connectivity index (χ4v) is 7.06. The van der Waals surface area contributed by atoms with Crippen molar-refractivity contribution in [2.75, 3.05) is 5.32 Å². The Morgan fingerprint density at radius 2 is 1.83 bits per heavy atom. The molecule has 6 nitrogen and oxygen atoms in total. The number of nitrogens with one attached hydrogen (secondary N) is 2. The number of thioether (sulfide) groups is 1. The van der Waals surface area contributed by atoms with Gasteiger partial charge in [-0.15, -0.1) is 0 Å². The number of fused-ring (bicyclic) bond motifs is 2. The van der Waals surface area contributed by atoms with Gasteiger partial charge in [-0.25, -0.2) is 4.99 Å². The highest BCUT2D eigenvalue weighted by Gasteiger charge is 2.44. The van der Waals surface area contributed by atoms with Gasteiger partial charge in [-0.05, 0) is 93.2 Å². The van der Waals surface area contributed by atoms with Gasteiger partial charge in [0.1, 0.15) is 10.3 Å². The van der Waals surface area contributed by atoms with E-state index in [2.05, 4.69) is 17.6 Å². The molecule has 2 aromatic carbocycles. The zero-order chi connectivity index (χ0) is 25.4. The lowest BCUT2D eigenvalue weighted by Crippen LogP contribution is -2.44. The number of hydrogen-bond donors (Lipinski definition) is 3. The van der Waals surface area contributed by atoms with Crippen LogP contribution in [0.2, 0.25) is 0 Å². The normalized spacial score (nSPS) is 26.9. The number of aryl methyl sites for hydroxylation is 2. The number of para-hydroxylation sites is 1. The highest BCUT2D eigenvalue weighted by atomic mass is 32.2. The van der Waals surface area contributed by atoms with E-state index < -0.39 is 5.25 Å². The minimum Gasteiger partial charge on any atom is -0.400 e. The Balaban J connectivity index is 1.40. The minimum absolute atomic E-state index is 0.0866. The molecule has 0 saturated heterocycles. The number of aliphatic imine (C=N–C) groups is 1. The van der Waals surface area contributed by atoms with Crippen molar-refractivity contribution in [1.29, 1.82) is 0 Å². The van der Waals surface area contributed by atoms with Crippen LogP contribution >= 0.6 is 11.8 Å². The predicted octanol–water partition coefficient (Wildman–Crippen LogP) is 5.24. The summed E-state index contributed by atoms with van der Waals surface area (Å²) in [4.78, 5) is 31.6. The molecule has 0 radical (unpaired) electrons. The van der Waals surface area contributed by atoms with E-state index in [-0.39, 0.29) is 29.1 Å². The fraction of sp³-hybridized carbons (Fsp3) is 0.414. The molecule has 36 heavy (non-hydrogen) atoms. The summed E-state index contributed by atoms with van der Waals surface area (Å²) >= 11 is 1.26. The molecule has 7 heteroatoms. The molecule has 1 heterocycles. The molecular formula is C29H34N4O2S. The molecule has 2 saturated carbocycles. The van der Waals surface area contributed by atoms with Crippen LogP contribution in [0, 0.1) is 31.6 Å². The molecule has 0 spiro atoms. The average Bonchev–Trinajstić information content (AvgIpc) is 3.57. The third-order valence-corrected chi connectivity index (χ3v) is 9.26. The van der Waals surface area contributed by atoms with Gasteiger partial charge in [-0.3, -0.25) is 9.59 Å². The largest absolute Gasteiger partial charge is 0.400 e. The first-order valence-electron chi connectivity index (χ1n) is 12.8. The molecule has 188 valence electrons. The maximum Gasteiger partial charge on any atom is 0.260 e. The number of rotatable bonds is 6. The second kappa shape index (κ2) is 10.1. The van der Waals surface area contributed by atoms with Gasteiger partial charge in [0.2, 0.25) is 5.91 Å². The summed E-state index contributed by atoms with van der Waals surface area (Å²) in [5.41, 5.74) is 10.7. The maximum atomic E-state index is 13.4. The Labute approximate surface area is 217 Å². The highest BCUT2D eigenvalue weighted by molar-refractivity contribution is 8.16. The SMILES string of the molecule is Cc1ccc(N=C2S[C@@H](C(=O)N[C@@H](C)[C@@H]3C[C@H]4CC[C@H]3C4)C(N)=C2C(=O)Nc2ccccc2)cc1C. The highest BCUT2D eigenvalue weighted by Crippen LogP contribution is 2.49. The summed E-state index contributed by atoms with van der Waals surface area (Å²) in [7, 11) is 0. The lowest BCUT2D eigenvalue weighted by atomic mass is 9.84. The zero-order valence-corrected chi connectivity index (χ0v) is 21.9. The topological polar surface area (TPSA) is 96.6 Å². The molecule has 0 aromatic heterocycles. The van der Waals surface area contributed by atoms with E-state index in [1.165, 1.54) is 43.0 Å². The number of benzene rings is 2. The molecule has 0 unspecified atom stereocenters. The van der Waals surface area contributed by atoms with Crippen molar-refractivity contribution in [3.05, 3.63) is 70.9 Å². The summed E-state index contributed by atoms with van der Waals surface area (Å²) in [5.74, 6) is 1.54. The molecule has 2 aliphatic carbocycles. The van der Waals surface area contributed by atoms with E-state index >= 15 is 0 Å². The number of amides is 2. The van der Waals surface area contributed by atoms with E-state index in [1.807, 2.05) is 62.4 Å². The smallest absolute Gasteiger partial charge is 0.260 e.